The number of hydrogen-bond donors (Lipinski definition) is 1. The van der Waals surface area contributed by atoms with E-state index in [1.165, 1.54) is 0 Å². The topological polar surface area (TPSA) is 41.3 Å². The fraction of sp³-hybridized carbons (Fsp3) is 0.400. The highest BCUT2D eigenvalue weighted by Gasteiger charge is 2.16. The normalized spacial score (nSPS) is 16.7. The Bertz CT molecular complexity index is 530. The third-order valence-corrected chi connectivity index (χ3v) is 3.50. The van der Waals surface area contributed by atoms with Crippen LogP contribution >= 0.6 is 0 Å². The average Bonchev–Trinajstić information content (AvgIpc) is 2.82. The fourth-order valence-corrected chi connectivity index (χ4v) is 2.36. The van der Waals surface area contributed by atoms with E-state index in [2.05, 4.69) is 15.2 Å². The Kier molecular flexibility index (Phi) is 3.62. The lowest BCUT2D eigenvalue weighted by Gasteiger charge is -2.26. The van der Waals surface area contributed by atoms with Crippen molar-refractivity contribution in [3.63, 3.8) is 0 Å². The largest absolute Gasteiger partial charge is 0.441 e. The van der Waals surface area contributed by atoms with Crippen molar-refractivity contribution in [2.24, 2.45) is 0 Å². The van der Waals surface area contributed by atoms with Gasteiger partial charge >= 0.3 is 0 Å². The summed E-state index contributed by atoms with van der Waals surface area (Å²) in [6.07, 6.45) is 0. The summed E-state index contributed by atoms with van der Waals surface area (Å²) >= 11 is 0. The Morgan fingerprint density at radius 1 is 1.21 bits per heavy atom. The number of rotatable bonds is 3. The van der Waals surface area contributed by atoms with Crippen molar-refractivity contribution in [1.29, 1.82) is 0 Å². The van der Waals surface area contributed by atoms with Crippen LogP contribution in [0.2, 0.25) is 0 Å². The minimum atomic E-state index is 0.725. The Morgan fingerprint density at radius 2 is 1.95 bits per heavy atom. The molecule has 2 aromatic rings. The zero-order valence-electron chi connectivity index (χ0n) is 11.2. The molecule has 0 spiro atoms. The van der Waals surface area contributed by atoms with Crippen LogP contribution in [-0.2, 0) is 6.54 Å². The molecule has 1 saturated heterocycles. The molecule has 19 heavy (non-hydrogen) atoms. The minimum absolute atomic E-state index is 0.725. The smallest absolute Gasteiger partial charge is 0.226 e. The average molecular weight is 257 g/mol. The second kappa shape index (κ2) is 5.55. The summed E-state index contributed by atoms with van der Waals surface area (Å²) in [6.45, 7) is 7.14. The number of benzene rings is 1. The van der Waals surface area contributed by atoms with Gasteiger partial charge in [0.2, 0.25) is 5.89 Å². The molecule has 100 valence electrons. The summed E-state index contributed by atoms with van der Waals surface area (Å²) in [5, 5.41) is 3.36. The number of aryl methyl sites for hydroxylation is 1. The highest BCUT2D eigenvalue weighted by Crippen LogP contribution is 2.22. The van der Waals surface area contributed by atoms with Crippen molar-refractivity contribution >= 4 is 0 Å². The highest BCUT2D eigenvalue weighted by atomic mass is 16.4. The van der Waals surface area contributed by atoms with Gasteiger partial charge in [-0.25, -0.2) is 4.98 Å². The summed E-state index contributed by atoms with van der Waals surface area (Å²) in [6, 6.07) is 10.1. The van der Waals surface area contributed by atoms with Crippen LogP contribution in [0.1, 0.15) is 11.5 Å². The summed E-state index contributed by atoms with van der Waals surface area (Å²) in [5.74, 6) is 1.65. The first-order chi connectivity index (χ1) is 9.33. The van der Waals surface area contributed by atoms with Crippen LogP contribution in [-0.4, -0.2) is 36.1 Å². The van der Waals surface area contributed by atoms with Gasteiger partial charge in [-0.3, -0.25) is 4.90 Å². The molecule has 2 heterocycles. The number of nitrogens with one attached hydrogen (secondary N) is 1. The molecule has 0 radical (unpaired) electrons. The molecular formula is C15H19N3O. The van der Waals surface area contributed by atoms with Gasteiger partial charge in [-0.1, -0.05) is 18.2 Å². The van der Waals surface area contributed by atoms with Crippen molar-refractivity contribution in [3.05, 3.63) is 41.8 Å². The molecule has 4 heteroatoms. The number of piperazine rings is 1. The van der Waals surface area contributed by atoms with E-state index in [0.29, 0.717) is 0 Å². The minimum Gasteiger partial charge on any atom is -0.441 e. The molecule has 1 aromatic heterocycles. The molecule has 1 aromatic carbocycles. The Balaban J connectivity index is 1.77. The molecule has 1 aliphatic heterocycles. The zero-order chi connectivity index (χ0) is 13.1. The fourth-order valence-electron chi connectivity index (χ4n) is 2.36. The van der Waals surface area contributed by atoms with Crippen molar-refractivity contribution in [2.45, 2.75) is 13.5 Å². The molecule has 0 atom stereocenters. The number of hydrogen-bond acceptors (Lipinski definition) is 4. The van der Waals surface area contributed by atoms with Gasteiger partial charge in [0.15, 0.2) is 0 Å². The molecule has 3 rings (SSSR count). The lowest BCUT2D eigenvalue weighted by Crippen LogP contribution is -2.43. The second-order valence-corrected chi connectivity index (χ2v) is 4.91. The van der Waals surface area contributed by atoms with E-state index in [1.807, 2.05) is 37.3 Å². The molecule has 0 bridgehead atoms. The maximum absolute atomic E-state index is 5.79. The van der Waals surface area contributed by atoms with Crippen molar-refractivity contribution < 1.29 is 4.42 Å². The van der Waals surface area contributed by atoms with E-state index in [0.717, 1.165) is 55.6 Å². The van der Waals surface area contributed by atoms with E-state index >= 15 is 0 Å². The van der Waals surface area contributed by atoms with Crippen LogP contribution in [0, 0.1) is 6.92 Å². The number of oxazole rings is 1. The predicted octanol–water partition coefficient (Wildman–Crippen LogP) is 2.06. The Morgan fingerprint density at radius 3 is 2.68 bits per heavy atom. The van der Waals surface area contributed by atoms with E-state index in [-0.39, 0.29) is 0 Å². The van der Waals surface area contributed by atoms with Crippen LogP contribution in [0.15, 0.2) is 34.7 Å². The summed E-state index contributed by atoms with van der Waals surface area (Å²) < 4.78 is 5.79. The molecule has 0 unspecified atom stereocenters. The van der Waals surface area contributed by atoms with Crippen LogP contribution < -0.4 is 5.32 Å². The first-order valence-corrected chi connectivity index (χ1v) is 6.78. The summed E-state index contributed by atoms with van der Waals surface area (Å²) in [4.78, 5) is 7.06. The Labute approximate surface area is 113 Å². The molecule has 0 amide bonds. The number of aromatic nitrogens is 1. The van der Waals surface area contributed by atoms with Gasteiger partial charge < -0.3 is 9.73 Å². The van der Waals surface area contributed by atoms with E-state index in [1.54, 1.807) is 0 Å². The van der Waals surface area contributed by atoms with E-state index < -0.39 is 0 Å². The highest BCUT2D eigenvalue weighted by molar-refractivity contribution is 5.53. The third-order valence-electron chi connectivity index (χ3n) is 3.50. The van der Waals surface area contributed by atoms with Crippen molar-refractivity contribution in [2.75, 3.05) is 26.2 Å². The van der Waals surface area contributed by atoms with Gasteiger partial charge in [-0.2, -0.15) is 0 Å². The lowest BCUT2D eigenvalue weighted by atomic mass is 10.2. The maximum Gasteiger partial charge on any atom is 0.226 e. The van der Waals surface area contributed by atoms with Gasteiger partial charge in [0, 0.05) is 38.3 Å². The second-order valence-electron chi connectivity index (χ2n) is 4.91. The van der Waals surface area contributed by atoms with Crippen LogP contribution in [0.5, 0.6) is 0 Å². The van der Waals surface area contributed by atoms with Crippen LogP contribution in [0.3, 0.4) is 0 Å². The van der Waals surface area contributed by atoms with Crippen LogP contribution in [0.4, 0.5) is 0 Å². The third kappa shape index (κ3) is 2.85. The lowest BCUT2D eigenvalue weighted by molar-refractivity contribution is 0.230. The predicted molar refractivity (Wildman–Crippen MR) is 74.8 cm³/mol. The van der Waals surface area contributed by atoms with Crippen LogP contribution in [0.25, 0.3) is 11.5 Å². The van der Waals surface area contributed by atoms with Crippen molar-refractivity contribution in [3.8, 4) is 11.5 Å². The first kappa shape index (κ1) is 12.4. The first-order valence-electron chi connectivity index (χ1n) is 6.78. The van der Waals surface area contributed by atoms with Gasteiger partial charge in [-0.05, 0) is 19.1 Å². The van der Waals surface area contributed by atoms with Gasteiger partial charge in [-0.15, -0.1) is 0 Å². The Hall–Kier alpha value is -1.65. The molecule has 0 aliphatic carbocycles. The van der Waals surface area contributed by atoms with Gasteiger partial charge in [0.1, 0.15) is 5.76 Å². The molecular weight excluding hydrogens is 238 g/mol. The zero-order valence-corrected chi connectivity index (χ0v) is 11.2. The molecule has 1 fully saturated rings. The van der Waals surface area contributed by atoms with E-state index in [9.17, 15) is 0 Å². The number of nitrogens with zero attached hydrogens (tertiary/aromatic N) is 2. The standard InChI is InChI=1S/C15H19N3O/c1-12-14(11-18-9-7-16-8-10-18)17-15(19-12)13-5-3-2-4-6-13/h2-6,16H,7-11H2,1H3. The van der Waals surface area contributed by atoms with Gasteiger partial charge in [0.05, 0.1) is 5.69 Å². The molecule has 1 N–H and O–H groups in total. The van der Waals surface area contributed by atoms with E-state index in [4.69, 9.17) is 4.42 Å². The summed E-state index contributed by atoms with van der Waals surface area (Å²) in [5.41, 5.74) is 2.10. The molecule has 0 saturated carbocycles. The SMILES string of the molecule is Cc1oc(-c2ccccc2)nc1CN1CCNCC1. The van der Waals surface area contributed by atoms with Gasteiger partial charge in [0.25, 0.3) is 0 Å². The van der Waals surface area contributed by atoms with Crippen molar-refractivity contribution in [1.82, 2.24) is 15.2 Å². The molecule has 1 aliphatic rings. The monoisotopic (exact) mass is 257 g/mol. The quantitative estimate of drug-likeness (QED) is 0.913. The maximum atomic E-state index is 5.79. The molecule has 4 nitrogen and oxygen atoms in total. The summed E-state index contributed by atoms with van der Waals surface area (Å²) in [7, 11) is 0.